The third kappa shape index (κ3) is 5.69. The van der Waals surface area contributed by atoms with E-state index in [0.29, 0.717) is 11.4 Å². The largest absolute Gasteiger partial charge is 0.467 e. The van der Waals surface area contributed by atoms with E-state index in [2.05, 4.69) is 10.1 Å². The smallest absolute Gasteiger partial charge is 0.340 e. The molecule has 0 heterocycles. The molecule has 0 aliphatic carbocycles. The molecule has 0 fully saturated rings. The zero-order valence-electron chi connectivity index (χ0n) is 13.6. The standard InChI is InChI=1S/C16H19Cl2NO5/c1-4-9(2)14(16(22)23-3)19-13(20)8-24-15(21)11-6-5-10(17)7-12(11)18/h5-7,9,14H,4,8H2,1-3H3,(H,19,20)/t9-,14-/m0/s1. The normalized spacial score (nSPS) is 12.9. The second-order valence-electron chi connectivity index (χ2n) is 5.15. The van der Waals surface area contributed by atoms with Crippen LogP contribution in [0.25, 0.3) is 0 Å². The molecule has 0 saturated heterocycles. The van der Waals surface area contributed by atoms with Crippen LogP contribution in [0.1, 0.15) is 30.6 Å². The molecule has 6 nitrogen and oxygen atoms in total. The highest BCUT2D eigenvalue weighted by Gasteiger charge is 2.27. The quantitative estimate of drug-likeness (QED) is 0.740. The molecule has 0 radical (unpaired) electrons. The van der Waals surface area contributed by atoms with Crippen LogP contribution in [-0.2, 0) is 19.1 Å². The molecule has 0 saturated carbocycles. The van der Waals surface area contributed by atoms with Gasteiger partial charge in [-0.1, -0.05) is 43.5 Å². The van der Waals surface area contributed by atoms with Crippen LogP contribution >= 0.6 is 23.2 Å². The molecule has 0 bridgehead atoms. The maximum absolute atomic E-state index is 11.9. The van der Waals surface area contributed by atoms with Crippen molar-refractivity contribution >= 4 is 41.0 Å². The Labute approximate surface area is 150 Å². The van der Waals surface area contributed by atoms with Gasteiger partial charge in [-0.3, -0.25) is 4.79 Å². The molecule has 0 aromatic heterocycles. The molecule has 1 aromatic rings. The maximum atomic E-state index is 11.9. The predicted molar refractivity (Wildman–Crippen MR) is 90.1 cm³/mol. The monoisotopic (exact) mass is 375 g/mol. The molecule has 24 heavy (non-hydrogen) atoms. The van der Waals surface area contributed by atoms with Gasteiger partial charge in [-0.2, -0.15) is 0 Å². The van der Waals surface area contributed by atoms with Crippen molar-refractivity contribution in [2.24, 2.45) is 5.92 Å². The lowest BCUT2D eigenvalue weighted by molar-refractivity contribution is -0.147. The van der Waals surface area contributed by atoms with Gasteiger partial charge in [0.05, 0.1) is 17.7 Å². The van der Waals surface area contributed by atoms with Crippen LogP contribution in [0.4, 0.5) is 0 Å². The maximum Gasteiger partial charge on any atom is 0.340 e. The van der Waals surface area contributed by atoms with Gasteiger partial charge in [0, 0.05) is 5.02 Å². The molecule has 1 amide bonds. The van der Waals surface area contributed by atoms with E-state index in [1.165, 1.54) is 25.3 Å². The van der Waals surface area contributed by atoms with E-state index >= 15 is 0 Å². The number of amides is 1. The third-order valence-corrected chi connectivity index (χ3v) is 4.02. The van der Waals surface area contributed by atoms with Crippen LogP contribution in [-0.4, -0.2) is 37.6 Å². The molecule has 8 heteroatoms. The van der Waals surface area contributed by atoms with Crippen molar-refractivity contribution in [2.75, 3.05) is 13.7 Å². The molecule has 132 valence electrons. The number of methoxy groups -OCH3 is 1. The van der Waals surface area contributed by atoms with Crippen molar-refractivity contribution in [1.82, 2.24) is 5.32 Å². The van der Waals surface area contributed by atoms with Crippen molar-refractivity contribution in [3.63, 3.8) is 0 Å². The van der Waals surface area contributed by atoms with Gasteiger partial charge in [-0.25, -0.2) is 9.59 Å². The highest BCUT2D eigenvalue weighted by Crippen LogP contribution is 2.21. The Hall–Kier alpha value is -1.79. The summed E-state index contributed by atoms with van der Waals surface area (Å²) in [4.78, 5) is 35.6. The topological polar surface area (TPSA) is 81.7 Å². The first-order valence-electron chi connectivity index (χ1n) is 7.29. The molecule has 0 aliphatic rings. The fourth-order valence-electron chi connectivity index (χ4n) is 1.88. The summed E-state index contributed by atoms with van der Waals surface area (Å²) in [6.45, 7) is 3.15. The first kappa shape index (κ1) is 20.3. The molecule has 2 atom stereocenters. The molecule has 0 spiro atoms. The van der Waals surface area contributed by atoms with Crippen LogP contribution in [0.2, 0.25) is 10.0 Å². The van der Waals surface area contributed by atoms with E-state index in [-0.39, 0.29) is 16.5 Å². The number of halogens is 2. The average molecular weight is 376 g/mol. The number of ether oxygens (including phenoxy) is 2. The van der Waals surface area contributed by atoms with Gasteiger partial charge in [0.1, 0.15) is 6.04 Å². The molecule has 1 aromatic carbocycles. The highest BCUT2D eigenvalue weighted by atomic mass is 35.5. The molecule has 1 N–H and O–H groups in total. The molecular formula is C16H19Cl2NO5. The van der Waals surface area contributed by atoms with E-state index in [0.717, 1.165) is 0 Å². The summed E-state index contributed by atoms with van der Waals surface area (Å²) in [6, 6.07) is 3.49. The van der Waals surface area contributed by atoms with Gasteiger partial charge in [0.15, 0.2) is 6.61 Å². The summed E-state index contributed by atoms with van der Waals surface area (Å²) in [5.74, 6) is -2.04. The summed E-state index contributed by atoms with van der Waals surface area (Å²) >= 11 is 11.6. The van der Waals surface area contributed by atoms with Crippen LogP contribution < -0.4 is 5.32 Å². The Morgan fingerprint density at radius 3 is 2.46 bits per heavy atom. The fraction of sp³-hybridized carbons (Fsp3) is 0.438. The predicted octanol–water partition coefficient (Wildman–Crippen LogP) is 2.85. The summed E-state index contributed by atoms with van der Waals surface area (Å²) in [5.41, 5.74) is 0.0975. The number of benzene rings is 1. The highest BCUT2D eigenvalue weighted by molar-refractivity contribution is 6.36. The Morgan fingerprint density at radius 1 is 1.25 bits per heavy atom. The number of carbonyl (C=O) groups is 3. The average Bonchev–Trinajstić information content (AvgIpc) is 2.56. The number of hydrogen-bond donors (Lipinski definition) is 1. The third-order valence-electron chi connectivity index (χ3n) is 3.47. The van der Waals surface area contributed by atoms with Crippen LogP contribution in [0.15, 0.2) is 18.2 Å². The van der Waals surface area contributed by atoms with Gasteiger partial charge in [-0.15, -0.1) is 0 Å². The fourth-order valence-corrected chi connectivity index (χ4v) is 2.36. The Morgan fingerprint density at radius 2 is 1.92 bits per heavy atom. The number of hydrogen-bond acceptors (Lipinski definition) is 5. The lowest BCUT2D eigenvalue weighted by atomic mass is 9.99. The summed E-state index contributed by atoms with van der Waals surface area (Å²) in [5, 5.41) is 3.01. The van der Waals surface area contributed by atoms with Gasteiger partial charge >= 0.3 is 11.9 Å². The van der Waals surface area contributed by atoms with Crippen molar-refractivity contribution in [3.05, 3.63) is 33.8 Å². The van der Waals surface area contributed by atoms with Gasteiger partial charge in [0.25, 0.3) is 5.91 Å². The van der Waals surface area contributed by atoms with Crippen molar-refractivity contribution in [1.29, 1.82) is 0 Å². The van der Waals surface area contributed by atoms with E-state index in [1.807, 2.05) is 6.92 Å². The Bertz CT molecular complexity index is 620. The number of nitrogens with one attached hydrogen (secondary N) is 1. The van der Waals surface area contributed by atoms with Gasteiger partial charge in [0.2, 0.25) is 0 Å². The molecule has 0 aliphatic heterocycles. The van der Waals surface area contributed by atoms with Crippen LogP contribution in [0.5, 0.6) is 0 Å². The Kier molecular flexibility index (Phi) is 8.01. The summed E-state index contributed by atoms with van der Waals surface area (Å²) in [7, 11) is 1.24. The minimum absolute atomic E-state index is 0.0975. The molecule has 1 rings (SSSR count). The van der Waals surface area contributed by atoms with Crippen molar-refractivity contribution < 1.29 is 23.9 Å². The van der Waals surface area contributed by atoms with E-state index < -0.39 is 30.5 Å². The lowest BCUT2D eigenvalue weighted by Crippen LogP contribution is -2.47. The summed E-state index contributed by atoms with van der Waals surface area (Å²) < 4.78 is 9.57. The second-order valence-corrected chi connectivity index (χ2v) is 6.00. The zero-order chi connectivity index (χ0) is 18.3. The van der Waals surface area contributed by atoms with Crippen molar-refractivity contribution in [2.45, 2.75) is 26.3 Å². The molecular weight excluding hydrogens is 357 g/mol. The van der Waals surface area contributed by atoms with Gasteiger partial charge < -0.3 is 14.8 Å². The van der Waals surface area contributed by atoms with Gasteiger partial charge in [-0.05, 0) is 24.1 Å². The minimum Gasteiger partial charge on any atom is -0.467 e. The first-order valence-corrected chi connectivity index (χ1v) is 8.05. The lowest BCUT2D eigenvalue weighted by Gasteiger charge is -2.21. The number of carbonyl (C=O) groups excluding carboxylic acids is 3. The van der Waals surface area contributed by atoms with E-state index in [9.17, 15) is 14.4 Å². The Balaban J connectivity index is 2.64. The van der Waals surface area contributed by atoms with Crippen LogP contribution in [0, 0.1) is 5.92 Å². The minimum atomic E-state index is -0.801. The second kappa shape index (κ2) is 9.49. The number of rotatable bonds is 7. The molecule has 0 unspecified atom stereocenters. The van der Waals surface area contributed by atoms with Crippen LogP contribution in [0.3, 0.4) is 0 Å². The summed E-state index contributed by atoms with van der Waals surface area (Å²) in [6.07, 6.45) is 0.667. The number of esters is 2. The van der Waals surface area contributed by atoms with Crippen molar-refractivity contribution in [3.8, 4) is 0 Å². The van der Waals surface area contributed by atoms with E-state index in [1.54, 1.807) is 6.92 Å². The first-order chi connectivity index (χ1) is 11.3. The van der Waals surface area contributed by atoms with E-state index in [4.69, 9.17) is 27.9 Å². The SMILES string of the molecule is CC[C@H](C)[C@H](NC(=O)COC(=O)c1ccc(Cl)cc1Cl)C(=O)OC. The zero-order valence-corrected chi connectivity index (χ0v) is 15.1.